The van der Waals surface area contributed by atoms with Crippen LogP contribution in [0.5, 0.6) is 0 Å². The van der Waals surface area contributed by atoms with Crippen molar-refractivity contribution in [3.05, 3.63) is 42.1 Å². The standard InChI is InChI=1S/C20H25N5O2/c1-2-27-20(26)24-14-12-23(13-15-24)18-9-10-21-19(22-18)25-11-5-7-16-6-3-4-8-17(16)25/h3-4,6,8-10H,2,5,7,11-15H2,1H3. The summed E-state index contributed by atoms with van der Waals surface area (Å²) in [7, 11) is 0. The van der Waals surface area contributed by atoms with Crippen LogP contribution in [0.15, 0.2) is 36.5 Å². The van der Waals surface area contributed by atoms with Crippen molar-refractivity contribution in [2.24, 2.45) is 0 Å². The summed E-state index contributed by atoms with van der Waals surface area (Å²) in [5.74, 6) is 1.65. The molecule has 0 saturated carbocycles. The molecule has 1 aromatic carbocycles. The third-order valence-corrected chi connectivity index (χ3v) is 5.11. The number of rotatable bonds is 3. The van der Waals surface area contributed by atoms with Crippen LogP contribution in [0, 0.1) is 0 Å². The SMILES string of the molecule is CCOC(=O)N1CCN(c2ccnc(N3CCCc4ccccc43)n2)CC1. The number of nitrogens with zero attached hydrogens (tertiary/aromatic N) is 5. The van der Waals surface area contributed by atoms with Crippen LogP contribution < -0.4 is 9.80 Å². The summed E-state index contributed by atoms with van der Waals surface area (Å²) in [6.45, 7) is 5.94. The number of ether oxygens (including phenoxy) is 1. The number of carbonyl (C=O) groups excluding carboxylic acids is 1. The van der Waals surface area contributed by atoms with Crippen LogP contribution in [0.2, 0.25) is 0 Å². The molecule has 1 amide bonds. The fourth-order valence-corrected chi connectivity index (χ4v) is 3.72. The van der Waals surface area contributed by atoms with Gasteiger partial charge in [0, 0.05) is 44.6 Å². The Labute approximate surface area is 159 Å². The van der Waals surface area contributed by atoms with Gasteiger partial charge in [0.2, 0.25) is 5.95 Å². The quantitative estimate of drug-likeness (QED) is 0.831. The average Bonchev–Trinajstić information content (AvgIpc) is 2.74. The first-order chi connectivity index (χ1) is 13.3. The van der Waals surface area contributed by atoms with Crippen molar-refractivity contribution in [1.29, 1.82) is 0 Å². The fraction of sp³-hybridized carbons (Fsp3) is 0.450. The Morgan fingerprint density at radius 2 is 1.93 bits per heavy atom. The number of carbonyl (C=O) groups is 1. The van der Waals surface area contributed by atoms with E-state index in [0.717, 1.165) is 44.2 Å². The van der Waals surface area contributed by atoms with Crippen LogP contribution in [0.25, 0.3) is 0 Å². The number of para-hydroxylation sites is 1. The van der Waals surface area contributed by atoms with E-state index in [1.165, 1.54) is 11.3 Å². The van der Waals surface area contributed by atoms with Gasteiger partial charge in [0.1, 0.15) is 5.82 Å². The van der Waals surface area contributed by atoms with E-state index in [0.29, 0.717) is 19.7 Å². The molecule has 0 unspecified atom stereocenters. The second kappa shape index (κ2) is 7.82. The zero-order valence-corrected chi connectivity index (χ0v) is 15.7. The number of hydrogen-bond acceptors (Lipinski definition) is 6. The van der Waals surface area contributed by atoms with Gasteiger partial charge in [0.15, 0.2) is 0 Å². The first kappa shape index (κ1) is 17.6. The van der Waals surface area contributed by atoms with Crippen molar-refractivity contribution in [2.75, 3.05) is 49.1 Å². The molecule has 27 heavy (non-hydrogen) atoms. The van der Waals surface area contributed by atoms with E-state index in [2.05, 4.69) is 39.0 Å². The maximum atomic E-state index is 11.9. The van der Waals surface area contributed by atoms with Crippen LogP contribution in [-0.2, 0) is 11.2 Å². The highest BCUT2D eigenvalue weighted by atomic mass is 16.6. The number of anilines is 3. The predicted molar refractivity (Wildman–Crippen MR) is 105 cm³/mol. The van der Waals surface area contributed by atoms with Gasteiger partial charge in [0.05, 0.1) is 6.61 Å². The van der Waals surface area contributed by atoms with Gasteiger partial charge in [-0.3, -0.25) is 0 Å². The van der Waals surface area contributed by atoms with Gasteiger partial charge in [-0.1, -0.05) is 18.2 Å². The van der Waals surface area contributed by atoms with E-state index in [1.807, 2.05) is 19.2 Å². The minimum absolute atomic E-state index is 0.231. The minimum atomic E-state index is -0.231. The zero-order chi connectivity index (χ0) is 18.6. The molecule has 0 atom stereocenters. The molecule has 0 spiro atoms. The van der Waals surface area contributed by atoms with Gasteiger partial charge in [-0.05, 0) is 37.5 Å². The summed E-state index contributed by atoms with van der Waals surface area (Å²) in [5.41, 5.74) is 2.55. The van der Waals surface area contributed by atoms with E-state index >= 15 is 0 Å². The summed E-state index contributed by atoms with van der Waals surface area (Å²) in [4.78, 5) is 27.4. The smallest absolute Gasteiger partial charge is 0.409 e. The maximum absolute atomic E-state index is 11.9. The highest BCUT2D eigenvalue weighted by molar-refractivity contribution is 5.68. The van der Waals surface area contributed by atoms with Gasteiger partial charge in [0.25, 0.3) is 0 Å². The van der Waals surface area contributed by atoms with Gasteiger partial charge in [-0.2, -0.15) is 4.98 Å². The van der Waals surface area contributed by atoms with Crippen molar-refractivity contribution < 1.29 is 9.53 Å². The summed E-state index contributed by atoms with van der Waals surface area (Å²) in [6, 6.07) is 10.4. The van der Waals surface area contributed by atoms with Gasteiger partial charge < -0.3 is 19.4 Å². The Hall–Kier alpha value is -2.83. The van der Waals surface area contributed by atoms with Crippen LogP contribution in [0.4, 0.5) is 22.2 Å². The number of benzene rings is 1. The van der Waals surface area contributed by atoms with Crippen LogP contribution in [0.1, 0.15) is 18.9 Å². The van der Waals surface area contributed by atoms with Gasteiger partial charge in [-0.25, -0.2) is 9.78 Å². The number of aryl methyl sites for hydroxylation is 1. The number of aromatic nitrogens is 2. The molecule has 2 aliphatic rings. The molecule has 1 saturated heterocycles. The summed E-state index contributed by atoms with van der Waals surface area (Å²) >= 11 is 0. The molecule has 2 aliphatic heterocycles. The lowest BCUT2D eigenvalue weighted by Gasteiger charge is -2.35. The molecule has 0 bridgehead atoms. The molecular weight excluding hydrogens is 342 g/mol. The Bertz CT molecular complexity index is 804. The monoisotopic (exact) mass is 367 g/mol. The summed E-state index contributed by atoms with van der Waals surface area (Å²) in [5, 5.41) is 0. The highest BCUT2D eigenvalue weighted by Gasteiger charge is 2.24. The lowest BCUT2D eigenvalue weighted by Crippen LogP contribution is -2.49. The molecule has 3 heterocycles. The largest absolute Gasteiger partial charge is 0.450 e. The molecule has 2 aromatic rings. The van der Waals surface area contributed by atoms with Gasteiger partial charge in [-0.15, -0.1) is 0 Å². The van der Waals surface area contributed by atoms with E-state index in [1.54, 1.807) is 4.90 Å². The lowest BCUT2D eigenvalue weighted by molar-refractivity contribution is 0.105. The third kappa shape index (κ3) is 3.67. The Kier molecular flexibility index (Phi) is 5.09. The van der Waals surface area contributed by atoms with Crippen molar-refractivity contribution >= 4 is 23.5 Å². The molecule has 4 rings (SSSR count). The Balaban J connectivity index is 1.49. The summed E-state index contributed by atoms with van der Waals surface area (Å²) in [6.07, 6.45) is 3.79. The second-order valence-electron chi connectivity index (χ2n) is 6.77. The molecule has 7 nitrogen and oxygen atoms in total. The number of piperazine rings is 1. The van der Waals surface area contributed by atoms with Crippen molar-refractivity contribution in [3.63, 3.8) is 0 Å². The van der Waals surface area contributed by atoms with Crippen LogP contribution in [-0.4, -0.2) is 60.3 Å². The Morgan fingerprint density at radius 3 is 2.74 bits per heavy atom. The highest BCUT2D eigenvalue weighted by Crippen LogP contribution is 2.31. The normalized spacial score (nSPS) is 16.9. The Morgan fingerprint density at radius 1 is 1.11 bits per heavy atom. The average molecular weight is 367 g/mol. The lowest BCUT2D eigenvalue weighted by atomic mass is 10.0. The minimum Gasteiger partial charge on any atom is -0.450 e. The van der Waals surface area contributed by atoms with E-state index in [9.17, 15) is 4.79 Å². The fourth-order valence-electron chi connectivity index (χ4n) is 3.72. The van der Waals surface area contributed by atoms with Crippen LogP contribution in [0.3, 0.4) is 0 Å². The molecule has 0 radical (unpaired) electrons. The second-order valence-corrected chi connectivity index (χ2v) is 6.77. The molecule has 142 valence electrons. The number of amides is 1. The number of fused-ring (bicyclic) bond motifs is 1. The van der Waals surface area contributed by atoms with Crippen molar-refractivity contribution in [1.82, 2.24) is 14.9 Å². The van der Waals surface area contributed by atoms with Crippen molar-refractivity contribution in [2.45, 2.75) is 19.8 Å². The van der Waals surface area contributed by atoms with Gasteiger partial charge >= 0.3 is 6.09 Å². The third-order valence-electron chi connectivity index (χ3n) is 5.11. The molecule has 1 aromatic heterocycles. The zero-order valence-electron chi connectivity index (χ0n) is 15.7. The van der Waals surface area contributed by atoms with E-state index in [-0.39, 0.29) is 6.09 Å². The van der Waals surface area contributed by atoms with Crippen molar-refractivity contribution in [3.8, 4) is 0 Å². The van der Waals surface area contributed by atoms with E-state index in [4.69, 9.17) is 9.72 Å². The number of hydrogen-bond donors (Lipinski definition) is 0. The van der Waals surface area contributed by atoms with Crippen LogP contribution >= 0.6 is 0 Å². The summed E-state index contributed by atoms with van der Waals surface area (Å²) < 4.78 is 5.09. The first-order valence-corrected chi connectivity index (χ1v) is 9.61. The molecular formula is C20H25N5O2. The predicted octanol–water partition coefficient (Wildman–Crippen LogP) is 2.84. The molecule has 0 aliphatic carbocycles. The maximum Gasteiger partial charge on any atom is 0.409 e. The molecule has 7 heteroatoms. The molecule has 0 N–H and O–H groups in total. The first-order valence-electron chi connectivity index (χ1n) is 9.61. The molecule has 1 fully saturated rings. The topological polar surface area (TPSA) is 61.8 Å². The van der Waals surface area contributed by atoms with E-state index < -0.39 is 0 Å².